The molecule has 0 amide bonds. The summed E-state index contributed by atoms with van der Waals surface area (Å²) in [5, 5.41) is 0. The first-order chi connectivity index (χ1) is 10.3. The van der Waals surface area contributed by atoms with Crippen LogP contribution in [0.2, 0.25) is 0 Å². The minimum Gasteiger partial charge on any atom is -0.487 e. The number of nitrogen functional groups attached to an aromatic ring is 1. The highest BCUT2D eigenvalue weighted by Gasteiger charge is 2.19. The van der Waals surface area contributed by atoms with Crippen LogP contribution in [0.5, 0.6) is 5.75 Å². The number of benzene rings is 2. The minimum absolute atomic E-state index is 0.0811. The SMILES string of the molecule is CSc1cc(N)cc(C(=O)c2ccccc2OC(C)(C)C)c1. The molecule has 0 aliphatic heterocycles. The number of ether oxygens (including phenoxy) is 1. The van der Waals surface area contributed by atoms with E-state index in [4.69, 9.17) is 10.5 Å². The molecular weight excluding hydrogens is 294 g/mol. The topological polar surface area (TPSA) is 52.3 Å². The third-order valence-corrected chi connectivity index (χ3v) is 3.68. The Morgan fingerprint density at radius 2 is 1.82 bits per heavy atom. The molecule has 0 saturated heterocycles. The molecule has 0 radical (unpaired) electrons. The highest BCUT2D eigenvalue weighted by atomic mass is 32.2. The number of thioether (sulfide) groups is 1. The Morgan fingerprint density at radius 3 is 2.45 bits per heavy atom. The van der Waals surface area contributed by atoms with Crippen molar-refractivity contribution in [2.45, 2.75) is 31.3 Å². The normalized spacial score (nSPS) is 11.3. The molecule has 0 fully saturated rings. The first-order valence-corrected chi connectivity index (χ1v) is 8.30. The standard InChI is InChI=1S/C18H21NO2S/c1-18(2,3)21-16-8-6-5-7-15(16)17(20)12-9-13(19)11-14(10-12)22-4/h5-11H,19H2,1-4H3. The van der Waals surface area contributed by atoms with E-state index in [2.05, 4.69) is 0 Å². The average Bonchev–Trinajstić information content (AvgIpc) is 2.44. The lowest BCUT2D eigenvalue weighted by atomic mass is 10.0. The van der Waals surface area contributed by atoms with Crippen molar-refractivity contribution in [1.29, 1.82) is 0 Å². The van der Waals surface area contributed by atoms with Crippen molar-refractivity contribution in [2.75, 3.05) is 12.0 Å². The summed E-state index contributed by atoms with van der Waals surface area (Å²) >= 11 is 1.56. The summed E-state index contributed by atoms with van der Waals surface area (Å²) in [4.78, 5) is 13.8. The van der Waals surface area contributed by atoms with Crippen molar-refractivity contribution in [3.8, 4) is 5.75 Å². The lowest BCUT2D eigenvalue weighted by Gasteiger charge is -2.23. The molecule has 0 spiro atoms. The highest BCUT2D eigenvalue weighted by Crippen LogP contribution is 2.28. The van der Waals surface area contributed by atoms with Gasteiger partial charge in [0.25, 0.3) is 0 Å². The molecule has 0 aliphatic rings. The monoisotopic (exact) mass is 315 g/mol. The second kappa shape index (κ2) is 6.44. The number of ketones is 1. The summed E-state index contributed by atoms with van der Waals surface area (Å²) in [6, 6.07) is 12.7. The highest BCUT2D eigenvalue weighted by molar-refractivity contribution is 7.98. The van der Waals surface area contributed by atoms with Crippen molar-refractivity contribution >= 4 is 23.2 Å². The van der Waals surface area contributed by atoms with Gasteiger partial charge in [-0.05, 0) is 57.4 Å². The van der Waals surface area contributed by atoms with Crippen molar-refractivity contribution in [3.05, 3.63) is 53.6 Å². The quantitative estimate of drug-likeness (QED) is 0.516. The van der Waals surface area contributed by atoms with E-state index >= 15 is 0 Å². The van der Waals surface area contributed by atoms with Gasteiger partial charge in [0.05, 0.1) is 5.56 Å². The van der Waals surface area contributed by atoms with Gasteiger partial charge in [0.2, 0.25) is 0 Å². The molecule has 0 heterocycles. The van der Waals surface area contributed by atoms with Crippen molar-refractivity contribution in [2.24, 2.45) is 0 Å². The first kappa shape index (κ1) is 16.4. The molecule has 116 valence electrons. The van der Waals surface area contributed by atoms with E-state index in [1.54, 1.807) is 23.9 Å². The maximum Gasteiger partial charge on any atom is 0.196 e. The Bertz CT molecular complexity index is 690. The molecule has 22 heavy (non-hydrogen) atoms. The van der Waals surface area contributed by atoms with E-state index in [0.29, 0.717) is 22.6 Å². The summed E-state index contributed by atoms with van der Waals surface area (Å²) in [5.74, 6) is 0.510. The van der Waals surface area contributed by atoms with Crippen LogP contribution in [0.1, 0.15) is 36.7 Å². The maximum atomic E-state index is 12.8. The lowest BCUT2D eigenvalue weighted by Crippen LogP contribution is -2.24. The fourth-order valence-electron chi connectivity index (χ4n) is 2.10. The van der Waals surface area contributed by atoms with Gasteiger partial charge in [-0.2, -0.15) is 0 Å². The minimum atomic E-state index is -0.365. The Balaban J connectivity index is 2.44. The van der Waals surface area contributed by atoms with Gasteiger partial charge < -0.3 is 10.5 Å². The molecule has 0 saturated carbocycles. The van der Waals surface area contributed by atoms with E-state index < -0.39 is 0 Å². The Morgan fingerprint density at radius 1 is 1.14 bits per heavy atom. The van der Waals surface area contributed by atoms with Gasteiger partial charge in [0.1, 0.15) is 11.4 Å². The number of para-hydroxylation sites is 1. The molecule has 0 aliphatic carbocycles. The predicted octanol–water partition coefficient (Wildman–Crippen LogP) is 4.40. The second-order valence-electron chi connectivity index (χ2n) is 6.03. The van der Waals surface area contributed by atoms with Gasteiger partial charge in [0.15, 0.2) is 5.78 Å². The van der Waals surface area contributed by atoms with E-state index in [-0.39, 0.29) is 11.4 Å². The largest absolute Gasteiger partial charge is 0.487 e. The summed E-state index contributed by atoms with van der Waals surface area (Å²) in [7, 11) is 0. The Labute approximate surface area is 135 Å². The number of hydrogen-bond donors (Lipinski definition) is 1. The Kier molecular flexibility index (Phi) is 4.81. The summed E-state index contributed by atoms with van der Waals surface area (Å²) < 4.78 is 5.90. The molecule has 0 unspecified atom stereocenters. The van der Waals surface area contributed by atoms with Gasteiger partial charge in [-0.1, -0.05) is 12.1 Å². The Hall–Kier alpha value is -1.94. The second-order valence-corrected chi connectivity index (χ2v) is 6.91. The third-order valence-electron chi connectivity index (χ3n) is 2.97. The number of hydrogen-bond acceptors (Lipinski definition) is 4. The fourth-order valence-corrected chi connectivity index (χ4v) is 2.60. The molecule has 2 aromatic rings. The number of carbonyl (C=O) groups excluding carboxylic acids is 1. The van der Waals surface area contributed by atoms with Crippen molar-refractivity contribution in [3.63, 3.8) is 0 Å². The number of anilines is 1. The van der Waals surface area contributed by atoms with Gasteiger partial charge in [-0.15, -0.1) is 11.8 Å². The van der Waals surface area contributed by atoms with Crippen LogP contribution >= 0.6 is 11.8 Å². The average molecular weight is 315 g/mol. The summed E-state index contributed by atoms with van der Waals surface area (Å²) in [5.41, 5.74) is 7.25. The van der Waals surface area contributed by atoms with Crippen molar-refractivity contribution < 1.29 is 9.53 Å². The third kappa shape index (κ3) is 4.04. The number of nitrogens with two attached hydrogens (primary N) is 1. The van der Waals surface area contributed by atoms with Crippen LogP contribution in [-0.2, 0) is 0 Å². The molecule has 2 aromatic carbocycles. The zero-order valence-electron chi connectivity index (χ0n) is 13.3. The van der Waals surface area contributed by atoms with Crippen LogP contribution in [0.25, 0.3) is 0 Å². The van der Waals surface area contributed by atoms with E-state index in [1.807, 2.05) is 57.4 Å². The molecular formula is C18H21NO2S. The van der Waals surface area contributed by atoms with Crippen LogP contribution in [0.15, 0.2) is 47.4 Å². The zero-order chi connectivity index (χ0) is 16.3. The van der Waals surface area contributed by atoms with Gasteiger partial charge >= 0.3 is 0 Å². The molecule has 3 nitrogen and oxygen atoms in total. The number of rotatable bonds is 4. The number of carbonyl (C=O) groups is 1. The molecule has 0 aromatic heterocycles. The van der Waals surface area contributed by atoms with Crippen LogP contribution < -0.4 is 10.5 Å². The van der Waals surface area contributed by atoms with Crippen LogP contribution in [0.3, 0.4) is 0 Å². The smallest absolute Gasteiger partial charge is 0.196 e. The summed E-state index contributed by atoms with van der Waals surface area (Å²) in [6.07, 6.45) is 1.96. The van der Waals surface area contributed by atoms with Crippen molar-refractivity contribution in [1.82, 2.24) is 0 Å². The van der Waals surface area contributed by atoms with Crippen LogP contribution in [0.4, 0.5) is 5.69 Å². The van der Waals surface area contributed by atoms with E-state index in [9.17, 15) is 4.79 Å². The van der Waals surface area contributed by atoms with E-state index in [0.717, 1.165) is 4.90 Å². The van der Waals surface area contributed by atoms with E-state index in [1.165, 1.54) is 0 Å². The van der Waals surface area contributed by atoms with Crippen LogP contribution in [0, 0.1) is 0 Å². The first-order valence-electron chi connectivity index (χ1n) is 7.07. The van der Waals surface area contributed by atoms with Crippen LogP contribution in [-0.4, -0.2) is 17.6 Å². The fraction of sp³-hybridized carbons (Fsp3) is 0.278. The van der Waals surface area contributed by atoms with Gasteiger partial charge in [-0.3, -0.25) is 4.79 Å². The van der Waals surface area contributed by atoms with Gasteiger partial charge in [-0.25, -0.2) is 0 Å². The zero-order valence-corrected chi connectivity index (χ0v) is 14.2. The predicted molar refractivity (Wildman–Crippen MR) is 92.9 cm³/mol. The maximum absolute atomic E-state index is 12.8. The molecule has 2 rings (SSSR count). The van der Waals surface area contributed by atoms with Gasteiger partial charge in [0, 0.05) is 16.1 Å². The molecule has 0 bridgehead atoms. The lowest BCUT2D eigenvalue weighted by molar-refractivity contribution is 0.101. The molecule has 4 heteroatoms. The summed E-state index contributed by atoms with van der Waals surface area (Å²) in [6.45, 7) is 5.88. The molecule has 0 atom stereocenters. The molecule has 2 N–H and O–H groups in total.